The Kier molecular flexibility index (Phi) is 6.83. The standard InChI is InChI=1S/C16H24BrNO2/c1-2-8-20-16-4-3-15(17)10-14(16)11-18-7-5-13-6-9-19-12-13/h3-4,10,13,18H,2,5-9,11-12H2,1H3. The van der Waals surface area contributed by atoms with Gasteiger partial charge >= 0.3 is 0 Å². The molecule has 0 aromatic heterocycles. The largest absolute Gasteiger partial charge is 0.493 e. The van der Waals surface area contributed by atoms with E-state index in [1.54, 1.807) is 0 Å². The van der Waals surface area contributed by atoms with Gasteiger partial charge in [-0.15, -0.1) is 0 Å². The lowest BCUT2D eigenvalue weighted by molar-refractivity contribution is 0.184. The van der Waals surface area contributed by atoms with E-state index in [0.717, 1.165) is 55.5 Å². The smallest absolute Gasteiger partial charge is 0.123 e. The van der Waals surface area contributed by atoms with Crippen LogP contribution in [0.3, 0.4) is 0 Å². The molecule has 0 bridgehead atoms. The molecule has 0 radical (unpaired) electrons. The molecule has 3 nitrogen and oxygen atoms in total. The molecule has 0 aliphatic carbocycles. The van der Waals surface area contributed by atoms with Gasteiger partial charge in [0.15, 0.2) is 0 Å². The molecule has 1 aliphatic heterocycles. The lowest BCUT2D eigenvalue weighted by atomic mass is 10.1. The average Bonchev–Trinajstić information content (AvgIpc) is 2.96. The maximum atomic E-state index is 5.79. The predicted octanol–water partition coefficient (Wildman–Crippen LogP) is 3.75. The van der Waals surface area contributed by atoms with Crippen LogP contribution in [0, 0.1) is 5.92 Å². The van der Waals surface area contributed by atoms with E-state index in [1.807, 2.05) is 12.1 Å². The van der Waals surface area contributed by atoms with Crippen LogP contribution in [-0.4, -0.2) is 26.4 Å². The molecule has 0 amide bonds. The first-order chi connectivity index (χ1) is 9.79. The Hall–Kier alpha value is -0.580. The first-order valence-electron chi connectivity index (χ1n) is 7.49. The van der Waals surface area contributed by atoms with Crippen molar-refractivity contribution in [3.63, 3.8) is 0 Å². The molecule has 20 heavy (non-hydrogen) atoms. The number of halogens is 1. The van der Waals surface area contributed by atoms with Gasteiger partial charge in [0.1, 0.15) is 5.75 Å². The molecule has 1 aliphatic rings. The van der Waals surface area contributed by atoms with Crippen LogP contribution in [0.5, 0.6) is 5.75 Å². The monoisotopic (exact) mass is 341 g/mol. The van der Waals surface area contributed by atoms with Crippen LogP contribution in [0.1, 0.15) is 31.7 Å². The van der Waals surface area contributed by atoms with E-state index in [1.165, 1.54) is 18.4 Å². The Morgan fingerprint density at radius 2 is 2.35 bits per heavy atom. The van der Waals surface area contributed by atoms with Crippen molar-refractivity contribution >= 4 is 15.9 Å². The summed E-state index contributed by atoms with van der Waals surface area (Å²) in [4.78, 5) is 0. The Morgan fingerprint density at radius 1 is 1.45 bits per heavy atom. The SMILES string of the molecule is CCCOc1ccc(Br)cc1CNCCC1CCOC1. The maximum absolute atomic E-state index is 5.79. The second-order valence-corrected chi connectivity index (χ2v) is 6.21. The molecule has 1 aromatic rings. The molecule has 112 valence electrons. The minimum Gasteiger partial charge on any atom is -0.493 e. The van der Waals surface area contributed by atoms with Crippen molar-refractivity contribution < 1.29 is 9.47 Å². The highest BCUT2D eigenvalue weighted by Gasteiger charge is 2.14. The Bertz CT molecular complexity index is 405. The summed E-state index contributed by atoms with van der Waals surface area (Å²) in [5.74, 6) is 1.73. The number of hydrogen-bond donors (Lipinski definition) is 1. The van der Waals surface area contributed by atoms with Crippen LogP contribution < -0.4 is 10.1 Å². The molecule has 1 N–H and O–H groups in total. The van der Waals surface area contributed by atoms with E-state index in [0.29, 0.717) is 0 Å². The fourth-order valence-corrected chi connectivity index (χ4v) is 2.79. The van der Waals surface area contributed by atoms with Gasteiger partial charge in [0.05, 0.1) is 6.61 Å². The lowest BCUT2D eigenvalue weighted by Gasteiger charge is -2.13. The van der Waals surface area contributed by atoms with Gasteiger partial charge in [-0.1, -0.05) is 22.9 Å². The van der Waals surface area contributed by atoms with Crippen LogP contribution in [0.15, 0.2) is 22.7 Å². The van der Waals surface area contributed by atoms with E-state index >= 15 is 0 Å². The van der Waals surface area contributed by atoms with Gasteiger partial charge in [-0.3, -0.25) is 0 Å². The van der Waals surface area contributed by atoms with Crippen molar-refractivity contribution in [2.75, 3.05) is 26.4 Å². The van der Waals surface area contributed by atoms with E-state index in [-0.39, 0.29) is 0 Å². The van der Waals surface area contributed by atoms with Crippen molar-refractivity contribution in [3.05, 3.63) is 28.2 Å². The third-order valence-corrected chi connectivity index (χ3v) is 4.05. The zero-order valence-electron chi connectivity index (χ0n) is 12.2. The molecule has 0 spiro atoms. The quantitative estimate of drug-likeness (QED) is 0.730. The van der Waals surface area contributed by atoms with E-state index in [2.05, 4.69) is 34.2 Å². The fraction of sp³-hybridized carbons (Fsp3) is 0.625. The van der Waals surface area contributed by atoms with Gasteiger partial charge in [-0.2, -0.15) is 0 Å². The summed E-state index contributed by atoms with van der Waals surface area (Å²) in [6.45, 7) is 6.66. The zero-order chi connectivity index (χ0) is 14.2. The van der Waals surface area contributed by atoms with Crippen LogP contribution in [0.4, 0.5) is 0 Å². The molecule has 2 rings (SSSR count). The molecule has 1 unspecified atom stereocenters. The van der Waals surface area contributed by atoms with Crippen molar-refractivity contribution in [2.24, 2.45) is 5.92 Å². The fourth-order valence-electron chi connectivity index (χ4n) is 2.38. The highest BCUT2D eigenvalue weighted by molar-refractivity contribution is 9.10. The average molecular weight is 342 g/mol. The minimum atomic E-state index is 0.737. The maximum Gasteiger partial charge on any atom is 0.123 e. The summed E-state index contributed by atoms with van der Waals surface area (Å²) in [7, 11) is 0. The van der Waals surface area contributed by atoms with Gasteiger partial charge in [0, 0.05) is 29.8 Å². The summed E-state index contributed by atoms with van der Waals surface area (Å²) < 4.78 is 12.3. The van der Waals surface area contributed by atoms with E-state index in [4.69, 9.17) is 9.47 Å². The van der Waals surface area contributed by atoms with Gasteiger partial charge in [-0.05, 0) is 49.9 Å². The second-order valence-electron chi connectivity index (χ2n) is 5.30. The van der Waals surface area contributed by atoms with E-state index < -0.39 is 0 Å². The molecule has 1 atom stereocenters. The van der Waals surface area contributed by atoms with E-state index in [9.17, 15) is 0 Å². The summed E-state index contributed by atoms with van der Waals surface area (Å²) >= 11 is 3.53. The third-order valence-electron chi connectivity index (χ3n) is 3.55. The topological polar surface area (TPSA) is 30.5 Å². The first-order valence-corrected chi connectivity index (χ1v) is 8.28. The summed E-state index contributed by atoms with van der Waals surface area (Å²) in [6, 6.07) is 6.21. The molecule has 4 heteroatoms. The highest BCUT2D eigenvalue weighted by atomic mass is 79.9. The molecule has 1 saturated heterocycles. The van der Waals surface area contributed by atoms with Gasteiger partial charge < -0.3 is 14.8 Å². The van der Waals surface area contributed by atoms with Crippen molar-refractivity contribution in [2.45, 2.75) is 32.7 Å². The van der Waals surface area contributed by atoms with Crippen LogP contribution in [0.2, 0.25) is 0 Å². The Balaban J connectivity index is 1.79. The van der Waals surface area contributed by atoms with Crippen molar-refractivity contribution in [3.8, 4) is 5.75 Å². The number of rotatable bonds is 8. The molecule has 1 fully saturated rings. The lowest BCUT2D eigenvalue weighted by Crippen LogP contribution is -2.18. The molecule has 0 saturated carbocycles. The van der Waals surface area contributed by atoms with Crippen LogP contribution >= 0.6 is 15.9 Å². The molecular formula is C16H24BrNO2. The van der Waals surface area contributed by atoms with Crippen molar-refractivity contribution in [1.82, 2.24) is 5.32 Å². The predicted molar refractivity (Wildman–Crippen MR) is 85.2 cm³/mol. The first kappa shape index (κ1) is 15.8. The summed E-state index contributed by atoms with van der Waals surface area (Å²) in [5, 5.41) is 3.52. The van der Waals surface area contributed by atoms with Crippen LogP contribution in [-0.2, 0) is 11.3 Å². The molecule has 1 aromatic carbocycles. The minimum absolute atomic E-state index is 0.737. The summed E-state index contributed by atoms with van der Waals surface area (Å²) in [6.07, 6.45) is 3.44. The number of nitrogens with one attached hydrogen (secondary N) is 1. The zero-order valence-corrected chi connectivity index (χ0v) is 13.7. The van der Waals surface area contributed by atoms with Crippen molar-refractivity contribution in [1.29, 1.82) is 0 Å². The van der Waals surface area contributed by atoms with Gasteiger partial charge in [0.2, 0.25) is 0 Å². The third kappa shape index (κ3) is 5.08. The second kappa shape index (κ2) is 8.65. The highest BCUT2D eigenvalue weighted by Crippen LogP contribution is 2.23. The number of ether oxygens (including phenoxy) is 2. The molecule has 1 heterocycles. The Morgan fingerprint density at radius 3 is 3.10 bits per heavy atom. The van der Waals surface area contributed by atoms with Gasteiger partial charge in [0.25, 0.3) is 0 Å². The Labute approximate surface area is 130 Å². The normalized spacial score (nSPS) is 18.4. The van der Waals surface area contributed by atoms with Gasteiger partial charge in [-0.25, -0.2) is 0 Å². The van der Waals surface area contributed by atoms with Crippen LogP contribution in [0.25, 0.3) is 0 Å². The molecular weight excluding hydrogens is 318 g/mol. The number of benzene rings is 1. The summed E-state index contributed by atoms with van der Waals surface area (Å²) in [5.41, 5.74) is 1.22. The number of hydrogen-bond acceptors (Lipinski definition) is 3.